The van der Waals surface area contributed by atoms with E-state index in [-0.39, 0.29) is 28.2 Å². The zero-order valence-electron chi connectivity index (χ0n) is 23.8. The van der Waals surface area contributed by atoms with Crippen LogP contribution in [0.2, 0.25) is 0 Å². The first-order valence-corrected chi connectivity index (χ1v) is 14.7. The van der Waals surface area contributed by atoms with Crippen molar-refractivity contribution < 1.29 is 60.9 Å². The van der Waals surface area contributed by atoms with Gasteiger partial charge in [0.05, 0.1) is 25.4 Å². The molecule has 4 amide bonds. The molecule has 3 fully saturated rings. The van der Waals surface area contributed by atoms with Gasteiger partial charge in [-0.2, -0.15) is 0 Å². The average Bonchev–Trinajstić information content (AvgIpc) is 3.36. The van der Waals surface area contributed by atoms with Crippen LogP contribution in [0.3, 0.4) is 0 Å². The number of benzene rings is 2. The Labute approximate surface area is 271 Å². The number of allylic oxidation sites excluding steroid dienone is 2. The minimum atomic E-state index is -2.82. The second-order valence-corrected chi connectivity index (χ2v) is 12.8. The molecule has 4 aliphatic rings. The molecule has 0 spiro atoms. The highest BCUT2D eigenvalue weighted by atomic mass is 35.5. The number of fused-ring (bicyclic) bond motifs is 4. The second-order valence-electron chi connectivity index (χ2n) is 11.6. The lowest BCUT2D eigenvalue weighted by molar-refractivity contribution is -0.142. The minimum absolute atomic E-state index is 0.0926. The van der Waals surface area contributed by atoms with Gasteiger partial charge >= 0.3 is 5.97 Å². The van der Waals surface area contributed by atoms with Crippen molar-refractivity contribution in [3.05, 3.63) is 64.5 Å². The van der Waals surface area contributed by atoms with E-state index in [9.17, 15) is 42.3 Å². The second kappa shape index (κ2) is 10.9. The molecule has 0 unspecified atom stereocenters. The molecule has 2 aliphatic carbocycles. The van der Waals surface area contributed by atoms with Crippen LogP contribution in [-0.4, -0.2) is 68.1 Å². The monoisotopic (exact) mass is 702 g/mol. The first kappa shape index (κ1) is 32.7. The van der Waals surface area contributed by atoms with E-state index in [0.29, 0.717) is 0 Å². The van der Waals surface area contributed by atoms with Gasteiger partial charge in [-0.1, -0.05) is 11.6 Å². The Morgan fingerprint density at radius 1 is 0.957 bits per heavy atom. The number of nitrogens with zero attached hydrogens (tertiary/aromatic N) is 2. The summed E-state index contributed by atoms with van der Waals surface area (Å²) in [5, 5.41) is 20.2. The maximum atomic E-state index is 15.1. The van der Waals surface area contributed by atoms with Gasteiger partial charge in [-0.25, -0.2) is 26.9 Å². The Morgan fingerprint density at radius 3 is 2.17 bits per heavy atom. The summed E-state index contributed by atoms with van der Waals surface area (Å²) < 4.78 is 78.0. The molecule has 6 rings (SSSR count). The number of carboxylic acid groups (broad SMARTS) is 1. The fourth-order valence-electron chi connectivity index (χ4n) is 7.30. The van der Waals surface area contributed by atoms with Crippen LogP contribution in [0.1, 0.15) is 30.7 Å². The lowest BCUT2D eigenvalue weighted by atomic mass is 9.56. The number of amides is 4. The Balaban J connectivity index is 1.58. The zero-order chi connectivity index (χ0) is 34.5. The fraction of sp³-hybridized carbons (Fsp3) is 0.367. The highest BCUT2D eigenvalue weighted by Crippen LogP contribution is 2.66. The number of ether oxygens (including phenoxy) is 1. The molecule has 2 aliphatic heterocycles. The summed E-state index contributed by atoms with van der Waals surface area (Å²) in [5.74, 6) is -24.4. The van der Waals surface area contributed by atoms with Crippen molar-refractivity contribution >= 4 is 58.5 Å². The molecule has 2 aromatic rings. The molecular weight excluding hydrogens is 682 g/mol. The highest BCUT2D eigenvalue weighted by Gasteiger charge is 2.77. The molecule has 0 radical (unpaired) electrons. The standard InChI is InChI=1S/C30H21Cl2F5N2O8/c1-47-10-2-5-15(40)13(8-10)18-11-3-4-12-17(26(44)38(25(12)43)7-6-16(41)42)14(11)9-29(31)27(45)39(28(46)30(18,29)32)24-22(36)20(34)19(33)21(35)23(24)37/h2-3,5,8,12,14,17-18,40H,4,6-7,9H2,1H3,(H,41,42)/t12-,14+,17-,18+,29+,30-/m0/s1. The number of methoxy groups -OCH3 is 1. The number of hydrogen-bond acceptors (Lipinski definition) is 7. The smallest absolute Gasteiger partial charge is 0.305 e. The molecule has 2 saturated heterocycles. The highest BCUT2D eigenvalue weighted by molar-refractivity contribution is 6.58. The number of rotatable bonds is 6. The van der Waals surface area contributed by atoms with Crippen molar-refractivity contribution in [2.75, 3.05) is 18.6 Å². The Hall–Kier alpha value is -4.24. The number of aromatic hydroxyl groups is 1. The van der Waals surface area contributed by atoms with E-state index in [1.54, 1.807) is 0 Å². The molecule has 6 atom stereocenters. The van der Waals surface area contributed by atoms with Gasteiger partial charge < -0.3 is 14.9 Å². The molecule has 10 nitrogen and oxygen atoms in total. The normalized spacial score (nSPS) is 29.9. The van der Waals surface area contributed by atoms with Crippen molar-refractivity contribution in [2.24, 2.45) is 17.8 Å². The quantitative estimate of drug-likeness (QED) is 0.114. The predicted molar refractivity (Wildman–Crippen MR) is 150 cm³/mol. The summed E-state index contributed by atoms with van der Waals surface area (Å²) in [6, 6.07) is 3.68. The van der Waals surface area contributed by atoms with Crippen LogP contribution in [0, 0.1) is 46.8 Å². The summed E-state index contributed by atoms with van der Waals surface area (Å²) in [5.41, 5.74) is -2.03. The van der Waals surface area contributed by atoms with Crippen molar-refractivity contribution in [3.63, 3.8) is 0 Å². The SMILES string of the molecule is COc1ccc(O)c([C@H]2C3=CC[C@@H]4C(=O)N(CCC(=O)O)C(=O)[C@@H]4[C@@H]3C[C@@]3(Cl)C(=O)N(c4c(F)c(F)c(F)c(F)c4F)C(=O)[C@@]23Cl)c1. The molecule has 1 saturated carbocycles. The van der Waals surface area contributed by atoms with E-state index in [1.807, 2.05) is 0 Å². The van der Waals surface area contributed by atoms with Gasteiger partial charge in [0.25, 0.3) is 11.8 Å². The molecular formula is C30H21Cl2F5N2O8. The number of halogens is 7. The third kappa shape index (κ3) is 4.24. The predicted octanol–water partition coefficient (Wildman–Crippen LogP) is 4.13. The van der Waals surface area contributed by atoms with E-state index >= 15 is 8.78 Å². The summed E-state index contributed by atoms with van der Waals surface area (Å²) in [6.45, 7) is -0.473. The number of hydrogen-bond donors (Lipinski definition) is 2. The van der Waals surface area contributed by atoms with Gasteiger partial charge in [0.2, 0.25) is 17.6 Å². The molecule has 17 heteroatoms. The number of aliphatic carboxylic acids is 1. The summed E-state index contributed by atoms with van der Waals surface area (Å²) in [4.78, 5) is 61.4. The van der Waals surface area contributed by atoms with E-state index < -0.39 is 123 Å². The van der Waals surface area contributed by atoms with Crippen LogP contribution in [0.15, 0.2) is 29.8 Å². The summed E-state index contributed by atoms with van der Waals surface area (Å²) in [7, 11) is 1.26. The minimum Gasteiger partial charge on any atom is -0.508 e. The van der Waals surface area contributed by atoms with E-state index in [1.165, 1.54) is 25.3 Å². The van der Waals surface area contributed by atoms with Crippen molar-refractivity contribution in [3.8, 4) is 11.5 Å². The topological polar surface area (TPSA) is 142 Å². The maximum absolute atomic E-state index is 15.1. The molecule has 2 N–H and O–H groups in total. The van der Waals surface area contributed by atoms with E-state index in [4.69, 9.17) is 33.0 Å². The van der Waals surface area contributed by atoms with Crippen LogP contribution in [0.25, 0.3) is 0 Å². The van der Waals surface area contributed by atoms with Crippen LogP contribution < -0.4 is 9.64 Å². The molecule has 248 valence electrons. The van der Waals surface area contributed by atoms with Gasteiger partial charge in [0, 0.05) is 18.0 Å². The van der Waals surface area contributed by atoms with Crippen molar-refractivity contribution in [1.82, 2.24) is 4.90 Å². The molecule has 2 heterocycles. The molecule has 0 aromatic heterocycles. The lowest BCUT2D eigenvalue weighted by Crippen LogP contribution is -2.60. The molecule has 2 aromatic carbocycles. The lowest BCUT2D eigenvalue weighted by Gasteiger charge is -2.50. The Bertz CT molecular complexity index is 1830. The largest absolute Gasteiger partial charge is 0.508 e. The van der Waals surface area contributed by atoms with Crippen molar-refractivity contribution in [1.29, 1.82) is 0 Å². The average molecular weight is 703 g/mol. The van der Waals surface area contributed by atoms with Gasteiger partial charge in [-0.05, 0) is 37.0 Å². The fourth-order valence-corrected chi connectivity index (χ4v) is 8.22. The number of likely N-dealkylation sites (tertiary alicyclic amines) is 1. The number of anilines is 1. The van der Waals surface area contributed by atoms with E-state index in [0.717, 1.165) is 11.0 Å². The van der Waals surface area contributed by atoms with Crippen LogP contribution in [0.4, 0.5) is 27.6 Å². The number of imide groups is 2. The van der Waals surface area contributed by atoms with E-state index in [2.05, 4.69) is 0 Å². The van der Waals surface area contributed by atoms with Gasteiger partial charge in [-0.15, -0.1) is 23.2 Å². The van der Waals surface area contributed by atoms with Gasteiger partial charge in [0.1, 0.15) is 17.2 Å². The number of carboxylic acids is 1. The van der Waals surface area contributed by atoms with Crippen LogP contribution in [-0.2, 0) is 24.0 Å². The maximum Gasteiger partial charge on any atom is 0.305 e. The number of phenolic OH excluding ortho intramolecular Hbond substituents is 1. The Morgan fingerprint density at radius 2 is 1.57 bits per heavy atom. The Kier molecular flexibility index (Phi) is 7.59. The third-order valence-corrected chi connectivity index (χ3v) is 10.8. The summed E-state index contributed by atoms with van der Waals surface area (Å²) >= 11 is 14.0. The first-order chi connectivity index (χ1) is 22.0. The zero-order valence-corrected chi connectivity index (χ0v) is 25.3. The van der Waals surface area contributed by atoms with Crippen molar-refractivity contribution in [2.45, 2.75) is 34.9 Å². The van der Waals surface area contributed by atoms with Crippen LogP contribution in [0.5, 0.6) is 11.5 Å². The number of alkyl halides is 2. The first-order valence-electron chi connectivity index (χ1n) is 13.9. The number of phenols is 1. The number of carbonyl (C=O) groups excluding carboxylic acids is 4. The third-order valence-electron chi connectivity index (χ3n) is 9.41. The van der Waals surface area contributed by atoms with Gasteiger partial charge in [0.15, 0.2) is 33.0 Å². The number of carbonyl (C=O) groups is 5. The molecule has 47 heavy (non-hydrogen) atoms. The van der Waals surface area contributed by atoms with Gasteiger partial charge in [-0.3, -0.25) is 28.9 Å². The van der Waals surface area contributed by atoms with Crippen LogP contribution >= 0.6 is 23.2 Å². The summed E-state index contributed by atoms with van der Waals surface area (Å²) in [6.07, 6.45) is -0.0108. The molecule has 0 bridgehead atoms.